The minimum absolute atomic E-state index is 0.161. The Morgan fingerprint density at radius 1 is 1.29 bits per heavy atom. The van der Waals surface area contributed by atoms with E-state index in [0.29, 0.717) is 17.7 Å². The summed E-state index contributed by atoms with van der Waals surface area (Å²) in [6.07, 6.45) is 0. The van der Waals surface area contributed by atoms with Crippen LogP contribution in [0.5, 0.6) is 0 Å². The fraction of sp³-hybridized carbons (Fsp3) is 0.200. The lowest BCUT2D eigenvalue weighted by molar-refractivity contribution is 0.0663. The summed E-state index contributed by atoms with van der Waals surface area (Å²) in [7, 11) is 1.85. The molecule has 4 heteroatoms. The van der Waals surface area contributed by atoms with Crippen LogP contribution in [0.15, 0.2) is 18.2 Å². The zero-order valence-corrected chi connectivity index (χ0v) is 8.20. The average molecular weight is 187 g/mol. The Morgan fingerprint density at radius 3 is 2.57 bits per heavy atom. The van der Waals surface area contributed by atoms with Gasteiger partial charge in [0, 0.05) is 12.1 Å². The Labute approximate surface area is 83.1 Å². The fourth-order valence-corrected chi connectivity index (χ4v) is 1.79. The van der Waals surface area contributed by atoms with Crippen LogP contribution < -0.4 is 5.46 Å². The highest BCUT2D eigenvalue weighted by atomic mass is 16.2. The number of fused-ring (bicyclic) bond motifs is 1. The topological polar surface area (TPSA) is 37.4 Å². The van der Waals surface area contributed by atoms with Crippen LogP contribution in [0.3, 0.4) is 0 Å². The summed E-state index contributed by atoms with van der Waals surface area (Å²) in [5.41, 5.74) is 1.98. The van der Waals surface area contributed by atoms with Crippen molar-refractivity contribution in [2.24, 2.45) is 0 Å². The van der Waals surface area contributed by atoms with Gasteiger partial charge < -0.3 is 0 Å². The van der Waals surface area contributed by atoms with Crippen molar-refractivity contribution in [2.45, 2.75) is 6.92 Å². The molecule has 14 heavy (non-hydrogen) atoms. The molecule has 0 atom stereocenters. The molecule has 0 bridgehead atoms. The first-order valence-corrected chi connectivity index (χ1v) is 4.62. The molecule has 0 N–H and O–H groups in total. The molecule has 2 amide bonds. The van der Waals surface area contributed by atoms with Gasteiger partial charge in [-0.1, -0.05) is 17.6 Å². The van der Waals surface area contributed by atoms with Crippen molar-refractivity contribution in [1.29, 1.82) is 0 Å². The van der Waals surface area contributed by atoms with Gasteiger partial charge in [0.15, 0.2) is 0 Å². The first-order valence-electron chi connectivity index (χ1n) is 4.62. The summed E-state index contributed by atoms with van der Waals surface area (Å²) < 4.78 is 0. The largest absolute Gasteiger partial charge is 0.275 e. The van der Waals surface area contributed by atoms with Crippen LogP contribution >= 0.6 is 0 Å². The molecule has 0 fully saturated rings. The van der Waals surface area contributed by atoms with Crippen LogP contribution in [0.1, 0.15) is 27.6 Å². The summed E-state index contributed by atoms with van der Waals surface area (Å²) in [5, 5.41) is 0. The van der Waals surface area contributed by atoms with Crippen molar-refractivity contribution in [3.8, 4) is 0 Å². The maximum atomic E-state index is 11.8. The third kappa shape index (κ3) is 1.00. The zero-order chi connectivity index (χ0) is 10.3. The van der Waals surface area contributed by atoms with E-state index >= 15 is 0 Å². The van der Waals surface area contributed by atoms with E-state index in [1.165, 1.54) is 4.90 Å². The maximum Gasteiger partial charge on any atom is 0.261 e. The van der Waals surface area contributed by atoms with Crippen LogP contribution in [-0.4, -0.2) is 31.1 Å². The van der Waals surface area contributed by atoms with Gasteiger partial charge in [-0.2, -0.15) is 0 Å². The van der Waals surface area contributed by atoms with Crippen LogP contribution in [-0.2, 0) is 0 Å². The van der Waals surface area contributed by atoms with Crippen molar-refractivity contribution in [3.05, 3.63) is 29.3 Å². The molecule has 0 spiro atoms. The molecule has 0 radical (unpaired) electrons. The minimum atomic E-state index is -0.170. The van der Waals surface area contributed by atoms with Crippen molar-refractivity contribution in [2.75, 3.05) is 6.54 Å². The second kappa shape index (κ2) is 2.98. The van der Waals surface area contributed by atoms with E-state index in [2.05, 4.69) is 0 Å². The monoisotopic (exact) mass is 187 g/mol. The second-order valence-electron chi connectivity index (χ2n) is 3.35. The number of rotatable bonds is 1. The molecule has 0 saturated carbocycles. The molecule has 0 unspecified atom stereocenters. The quantitative estimate of drug-likeness (QED) is 0.441. The van der Waals surface area contributed by atoms with Crippen LogP contribution in [0.2, 0.25) is 0 Å². The number of benzene rings is 1. The molecule has 1 aliphatic rings. The van der Waals surface area contributed by atoms with Crippen molar-refractivity contribution in [3.63, 3.8) is 0 Å². The normalized spacial score (nSPS) is 14.8. The maximum absolute atomic E-state index is 11.8. The van der Waals surface area contributed by atoms with E-state index < -0.39 is 0 Å². The molecule has 0 saturated heterocycles. The second-order valence-corrected chi connectivity index (χ2v) is 3.35. The molecule has 1 heterocycles. The Hall–Kier alpha value is -1.58. The Kier molecular flexibility index (Phi) is 1.91. The molecule has 3 nitrogen and oxygen atoms in total. The van der Waals surface area contributed by atoms with Gasteiger partial charge in [0.25, 0.3) is 11.8 Å². The number of hydrogen-bond acceptors (Lipinski definition) is 2. The third-order valence-electron chi connectivity index (χ3n) is 2.52. The van der Waals surface area contributed by atoms with Gasteiger partial charge in [0.2, 0.25) is 0 Å². The van der Waals surface area contributed by atoms with Crippen molar-refractivity contribution >= 4 is 25.1 Å². The number of carbonyl (C=O) groups is 2. The summed E-state index contributed by atoms with van der Waals surface area (Å²) in [4.78, 5) is 24.7. The molecular formula is C10H10BNO2. The number of amides is 2. The zero-order valence-electron chi connectivity index (χ0n) is 8.20. The number of hydrogen-bond donors (Lipinski definition) is 0. The molecular weight excluding hydrogens is 177 g/mol. The van der Waals surface area contributed by atoms with Gasteiger partial charge in [-0.05, 0) is 13.0 Å². The van der Waals surface area contributed by atoms with Gasteiger partial charge in [0.05, 0.1) is 5.56 Å². The Morgan fingerprint density at radius 2 is 2.00 bits per heavy atom. The van der Waals surface area contributed by atoms with Gasteiger partial charge in [-0.3, -0.25) is 14.5 Å². The van der Waals surface area contributed by atoms with Crippen molar-refractivity contribution < 1.29 is 9.59 Å². The van der Waals surface area contributed by atoms with E-state index in [1.807, 2.05) is 13.9 Å². The average Bonchev–Trinajstić information content (AvgIpc) is 2.41. The molecule has 70 valence electrons. The van der Waals surface area contributed by atoms with Crippen LogP contribution in [0, 0.1) is 0 Å². The molecule has 0 aliphatic carbocycles. The van der Waals surface area contributed by atoms with E-state index in [4.69, 9.17) is 0 Å². The highest BCUT2D eigenvalue weighted by Gasteiger charge is 2.34. The first kappa shape index (κ1) is 9.00. The fourth-order valence-electron chi connectivity index (χ4n) is 1.79. The highest BCUT2D eigenvalue weighted by Crippen LogP contribution is 2.19. The van der Waals surface area contributed by atoms with Crippen LogP contribution in [0.4, 0.5) is 0 Å². The summed E-state index contributed by atoms with van der Waals surface area (Å²) in [6, 6.07) is 5.36. The Bertz CT molecular complexity index is 428. The van der Waals surface area contributed by atoms with Crippen molar-refractivity contribution in [1.82, 2.24) is 4.90 Å². The SMILES string of the molecule is Bc1cccc2c1C(=O)N(CC)C2=O. The Balaban J connectivity index is 2.64. The lowest BCUT2D eigenvalue weighted by Crippen LogP contribution is -2.30. The van der Waals surface area contributed by atoms with Gasteiger partial charge >= 0.3 is 0 Å². The first-order chi connectivity index (χ1) is 6.66. The highest BCUT2D eigenvalue weighted by molar-refractivity contribution is 6.40. The van der Waals surface area contributed by atoms with E-state index in [0.717, 1.165) is 5.46 Å². The van der Waals surface area contributed by atoms with E-state index in [9.17, 15) is 9.59 Å². The predicted molar refractivity (Wildman–Crippen MR) is 55.7 cm³/mol. The summed E-state index contributed by atoms with van der Waals surface area (Å²) >= 11 is 0. The smallest absolute Gasteiger partial charge is 0.261 e. The standard InChI is InChI=1S/C10H10BNO2/c1-2-12-9(13)6-4-3-5-7(11)8(6)10(12)14/h3-5H,2,11H2,1H3. The third-order valence-corrected chi connectivity index (χ3v) is 2.52. The van der Waals surface area contributed by atoms with E-state index in [-0.39, 0.29) is 11.8 Å². The molecule has 0 aromatic heterocycles. The molecule has 1 aromatic rings. The van der Waals surface area contributed by atoms with Gasteiger partial charge in [0.1, 0.15) is 7.85 Å². The molecule has 1 aliphatic heterocycles. The summed E-state index contributed by atoms with van der Waals surface area (Å²) in [6.45, 7) is 2.24. The lowest BCUT2D eigenvalue weighted by atomic mass is 9.88. The lowest BCUT2D eigenvalue weighted by Gasteiger charge is -2.09. The minimum Gasteiger partial charge on any atom is -0.275 e. The van der Waals surface area contributed by atoms with Crippen LogP contribution in [0.25, 0.3) is 0 Å². The van der Waals surface area contributed by atoms with E-state index in [1.54, 1.807) is 19.1 Å². The number of imide groups is 1. The van der Waals surface area contributed by atoms with Gasteiger partial charge in [-0.25, -0.2) is 0 Å². The molecule has 2 rings (SSSR count). The molecule has 1 aromatic carbocycles. The predicted octanol–water partition coefficient (Wildman–Crippen LogP) is -0.439. The number of carbonyl (C=O) groups excluding carboxylic acids is 2. The number of nitrogens with zero attached hydrogens (tertiary/aromatic N) is 1. The summed E-state index contributed by atoms with van der Waals surface area (Å²) in [5.74, 6) is -0.332. The van der Waals surface area contributed by atoms with Gasteiger partial charge in [-0.15, -0.1) is 0 Å².